The Balaban J connectivity index is 0.00000259. The van der Waals surface area contributed by atoms with Crippen molar-refractivity contribution in [3.63, 3.8) is 0 Å². The lowest BCUT2D eigenvalue weighted by Crippen LogP contribution is -2.51. The van der Waals surface area contributed by atoms with Gasteiger partial charge < -0.3 is 10.2 Å². The van der Waals surface area contributed by atoms with Crippen molar-refractivity contribution in [3.8, 4) is 21.8 Å². The van der Waals surface area contributed by atoms with E-state index in [1.165, 1.54) is 17.4 Å². The fourth-order valence-corrected chi connectivity index (χ4v) is 8.05. The van der Waals surface area contributed by atoms with Crippen LogP contribution in [0.2, 0.25) is 0 Å². The number of aromatic amines is 1. The van der Waals surface area contributed by atoms with Crippen molar-refractivity contribution in [2.24, 2.45) is 5.14 Å². The molecule has 0 unspecified atom stereocenters. The molecule has 0 radical (unpaired) electrons. The average molecular weight is 513 g/mol. The van der Waals surface area contributed by atoms with Crippen molar-refractivity contribution in [2.75, 3.05) is 31.1 Å². The van der Waals surface area contributed by atoms with Crippen LogP contribution in [0, 0.1) is 0 Å². The van der Waals surface area contributed by atoms with Crippen LogP contribution in [-0.4, -0.2) is 73.9 Å². The molecule has 0 saturated carbocycles. The minimum atomic E-state index is -4.48. The Morgan fingerprint density at radius 3 is 2.42 bits per heavy atom. The Morgan fingerprint density at radius 1 is 1.12 bits per heavy atom. The fourth-order valence-electron chi connectivity index (χ4n) is 3.87. The van der Waals surface area contributed by atoms with Crippen molar-refractivity contribution >= 4 is 36.3 Å². The highest BCUT2D eigenvalue weighted by Crippen LogP contribution is 2.42. The summed E-state index contributed by atoms with van der Waals surface area (Å²) in [6.07, 6.45) is 3.80. The van der Waals surface area contributed by atoms with Crippen molar-refractivity contribution in [3.05, 3.63) is 18.3 Å². The summed E-state index contributed by atoms with van der Waals surface area (Å²) in [6.45, 7) is 2.28. The third kappa shape index (κ3) is 4.14. The van der Waals surface area contributed by atoms with E-state index in [9.17, 15) is 16.8 Å². The van der Waals surface area contributed by atoms with E-state index in [1.54, 1.807) is 12.3 Å². The van der Waals surface area contributed by atoms with Crippen LogP contribution in [0.1, 0.15) is 20.3 Å². The van der Waals surface area contributed by atoms with Crippen LogP contribution in [0.4, 0.5) is 5.13 Å². The summed E-state index contributed by atoms with van der Waals surface area (Å²) < 4.78 is 51.8. The second-order valence-electron chi connectivity index (χ2n) is 7.62. The van der Waals surface area contributed by atoms with Gasteiger partial charge in [-0.1, -0.05) is 24.8 Å². The van der Waals surface area contributed by atoms with Gasteiger partial charge in [0.25, 0.3) is 0 Å². The van der Waals surface area contributed by atoms with E-state index in [0.717, 1.165) is 31.1 Å². The molecule has 2 aliphatic rings. The Hall–Kier alpha value is -2.46. The summed E-state index contributed by atoms with van der Waals surface area (Å²) in [4.78, 5) is 6.40. The van der Waals surface area contributed by atoms with Crippen LogP contribution >= 0.6 is 11.3 Å². The van der Waals surface area contributed by atoms with E-state index in [-0.39, 0.29) is 36.8 Å². The van der Waals surface area contributed by atoms with E-state index in [2.05, 4.69) is 35.8 Å². The number of nitrogens with one attached hydrogen (secondary N) is 2. The van der Waals surface area contributed by atoms with Gasteiger partial charge >= 0.3 is 0 Å². The lowest BCUT2D eigenvalue weighted by Gasteiger charge is -2.28. The quantitative estimate of drug-likeness (QED) is 0.424. The Morgan fingerprint density at radius 2 is 1.85 bits per heavy atom. The molecule has 0 atom stereocenters. The first-order valence-electron chi connectivity index (χ1n) is 9.86. The number of H-pyrrole nitrogens is 1. The molecule has 0 aliphatic carbocycles. The van der Waals surface area contributed by atoms with Crippen molar-refractivity contribution < 1.29 is 16.8 Å². The van der Waals surface area contributed by atoms with Crippen LogP contribution < -0.4 is 15.4 Å². The molecule has 4 heterocycles. The Bertz CT molecular complexity index is 1360. The molecule has 3 aromatic rings. The second kappa shape index (κ2) is 8.72. The van der Waals surface area contributed by atoms with Gasteiger partial charge in [-0.3, -0.25) is 0 Å². The summed E-state index contributed by atoms with van der Waals surface area (Å²) in [5.74, 6) is -0.0658. The number of hydrogen-bond acceptors (Lipinski definition) is 11. The summed E-state index contributed by atoms with van der Waals surface area (Å²) in [5.41, 5.74) is 0.412. The fraction of sp³-hybridized carbons (Fsp3) is 0.444. The third-order valence-corrected chi connectivity index (χ3v) is 9.98. The molecule has 178 valence electrons. The number of nitrogens with two attached hydrogens (primary N) is 1. The lowest BCUT2D eigenvalue weighted by atomic mass is 10.1. The highest BCUT2D eigenvalue weighted by molar-refractivity contribution is 7.94. The first-order valence-corrected chi connectivity index (χ1v) is 13.8. The molecule has 1 aromatic carbocycles. The van der Waals surface area contributed by atoms with E-state index in [0.29, 0.717) is 10.4 Å². The molecule has 4 N–H and O–H groups in total. The Labute approximate surface area is 195 Å². The number of aromatic nitrogens is 5. The van der Waals surface area contributed by atoms with E-state index < -0.39 is 30.0 Å². The molecule has 5 rings (SSSR count). The molecular weight excluding hydrogens is 488 g/mol. The number of tetrazole rings is 1. The average Bonchev–Trinajstić information content (AvgIpc) is 3.46. The van der Waals surface area contributed by atoms with E-state index in [4.69, 9.17) is 5.14 Å². The van der Waals surface area contributed by atoms with E-state index >= 15 is 0 Å². The molecule has 15 heteroatoms. The predicted molar refractivity (Wildman–Crippen MR) is 124 cm³/mol. The number of anilines is 1. The molecule has 12 nitrogen and oxygen atoms in total. The van der Waals surface area contributed by atoms with E-state index in [1.807, 2.05) is 0 Å². The standard InChI is InChI=1S/C17H20N8O4S3.CH4/c18-32(28,29)15-13(31(26,27)10-7-19-8-10)4-3-11(14(15)16-21-23-24-22-16)12-9-20-17(30-12)25-5-1-2-6-25;/h3-4,9-10,19H,1-2,5-8H2,(H2,18,28,29)(H,21,22,23,24);1H4. The second-order valence-corrected chi connectivity index (χ2v) is 12.3. The molecule has 0 spiro atoms. The van der Waals surface area contributed by atoms with Crippen LogP contribution in [0.3, 0.4) is 0 Å². The molecule has 0 amide bonds. The summed E-state index contributed by atoms with van der Waals surface area (Å²) in [6, 6.07) is 2.85. The lowest BCUT2D eigenvalue weighted by molar-refractivity contribution is 0.493. The first-order chi connectivity index (χ1) is 15.3. The largest absolute Gasteiger partial charge is 0.348 e. The van der Waals surface area contributed by atoms with Gasteiger partial charge in [-0.2, -0.15) is 5.21 Å². The maximum atomic E-state index is 13.2. The number of sulfonamides is 1. The minimum absolute atomic E-state index is 0. The third-order valence-electron chi connectivity index (χ3n) is 5.60. The molecule has 2 aromatic heterocycles. The van der Waals surface area contributed by atoms with Crippen LogP contribution in [0.5, 0.6) is 0 Å². The number of thiazole rings is 1. The normalized spacial score (nSPS) is 17.1. The van der Waals surface area contributed by atoms with Gasteiger partial charge in [0, 0.05) is 37.9 Å². The minimum Gasteiger partial charge on any atom is -0.348 e. The van der Waals surface area contributed by atoms with Crippen molar-refractivity contribution in [1.29, 1.82) is 0 Å². The smallest absolute Gasteiger partial charge is 0.240 e. The van der Waals surface area contributed by atoms with Crippen molar-refractivity contribution in [1.82, 2.24) is 30.9 Å². The number of primary sulfonamides is 1. The van der Waals surface area contributed by atoms with Gasteiger partial charge in [-0.25, -0.2) is 27.0 Å². The van der Waals surface area contributed by atoms with Gasteiger partial charge in [0.1, 0.15) is 4.90 Å². The van der Waals surface area contributed by atoms with Crippen LogP contribution in [0.25, 0.3) is 21.8 Å². The number of sulfone groups is 1. The maximum Gasteiger partial charge on any atom is 0.240 e. The molecule has 2 aliphatic heterocycles. The zero-order valence-corrected chi connectivity index (χ0v) is 19.2. The van der Waals surface area contributed by atoms with Gasteiger partial charge in [-0.05, 0) is 24.1 Å². The highest BCUT2D eigenvalue weighted by atomic mass is 32.2. The summed E-state index contributed by atoms with van der Waals surface area (Å²) >= 11 is 1.38. The maximum absolute atomic E-state index is 13.2. The van der Waals surface area contributed by atoms with Gasteiger partial charge in [0.05, 0.1) is 20.6 Å². The monoisotopic (exact) mass is 512 g/mol. The van der Waals surface area contributed by atoms with Crippen LogP contribution in [0.15, 0.2) is 28.1 Å². The van der Waals surface area contributed by atoms with Crippen LogP contribution in [-0.2, 0) is 19.9 Å². The molecule has 0 bridgehead atoms. The first kappa shape index (κ1) is 23.7. The van der Waals surface area contributed by atoms with Crippen molar-refractivity contribution in [2.45, 2.75) is 35.3 Å². The number of benzene rings is 1. The molecule has 33 heavy (non-hydrogen) atoms. The zero-order valence-electron chi connectivity index (χ0n) is 16.7. The van der Waals surface area contributed by atoms with Gasteiger partial charge in [0.15, 0.2) is 15.0 Å². The summed E-state index contributed by atoms with van der Waals surface area (Å²) in [7, 11) is -8.44. The molecular formula is C18H24N8O4S3. The number of rotatable bonds is 6. The summed E-state index contributed by atoms with van der Waals surface area (Å²) in [5, 5.41) is 22.2. The molecule has 2 saturated heterocycles. The Kier molecular flexibility index (Phi) is 6.26. The number of hydrogen-bond donors (Lipinski definition) is 3. The highest BCUT2D eigenvalue weighted by Gasteiger charge is 2.39. The SMILES string of the molecule is C.NS(=O)(=O)c1c(S(=O)(=O)C2CNC2)ccc(-c2cnc(N3CCCC3)s2)c1-c1nn[nH]n1. The molecule has 2 fully saturated rings. The topological polar surface area (TPSA) is 177 Å². The van der Waals surface area contributed by atoms with Gasteiger partial charge in [-0.15, -0.1) is 10.2 Å². The zero-order chi connectivity index (χ0) is 22.5. The van der Waals surface area contributed by atoms with Gasteiger partial charge in [0.2, 0.25) is 15.8 Å². The number of nitrogens with zero attached hydrogens (tertiary/aromatic N) is 5. The predicted octanol–water partition coefficient (Wildman–Crippen LogP) is 0.619.